The number of nitrogens with zero attached hydrogens (tertiary/aromatic N) is 2. The first-order valence-electron chi connectivity index (χ1n) is 7.88. The number of benzene rings is 1. The number of aromatic amines is 1. The highest BCUT2D eigenvalue weighted by Crippen LogP contribution is 2.12. The first kappa shape index (κ1) is 15.3. The van der Waals surface area contributed by atoms with Gasteiger partial charge >= 0.3 is 0 Å². The van der Waals surface area contributed by atoms with Crippen LogP contribution in [0.3, 0.4) is 0 Å². The van der Waals surface area contributed by atoms with Gasteiger partial charge in [0.15, 0.2) is 0 Å². The minimum absolute atomic E-state index is 0.0128. The average molecular weight is 311 g/mol. The average Bonchev–Trinajstić information content (AvgIpc) is 2.92. The molecule has 2 heterocycles. The van der Waals surface area contributed by atoms with Crippen LogP contribution in [0.2, 0.25) is 0 Å². The predicted octanol–water partition coefficient (Wildman–Crippen LogP) is 3.20. The van der Waals surface area contributed by atoms with E-state index in [1.807, 2.05) is 37.3 Å². The summed E-state index contributed by atoms with van der Waals surface area (Å²) in [6.07, 6.45) is 3.38. The maximum Gasteiger partial charge on any atom is 0.262 e. The molecule has 3 aromatic rings. The third-order valence-electron chi connectivity index (χ3n) is 3.83. The minimum Gasteiger partial charge on any atom is -0.494 e. The van der Waals surface area contributed by atoms with Gasteiger partial charge in [-0.1, -0.05) is 17.7 Å². The van der Waals surface area contributed by atoms with Crippen LogP contribution < -0.4 is 10.3 Å². The van der Waals surface area contributed by atoms with E-state index in [0.717, 1.165) is 24.3 Å². The molecule has 0 aliphatic rings. The highest BCUT2D eigenvalue weighted by molar-refractivity contribution is 5.74. The molecule has 0 radical (unpaired) electrons. The Hall–Kier alpha value is -2.56. The molecule has 3 rings (SSSR count). The summed E-state index contributed by atoms with van der Waals surface area (Å²) in [5, 5.41) is 0.654. The Morgan fingerprint density at radius 1 is 1.17 bits per heavy atom. The number of ether oxygens (including phenoxy) is 1. The lowest BCUT2D eigenvalue weighted by atomic mass is 10.2. The van der Waals surface area contributed by atoms with Crippen LogP contribution in [0.1, 0.15) is 24.1 Å². The van der Waals surface area contributed by atoms with Gasteiger partial charge < -0.3 is 9.72 Å². The molecule has 0 spiro atoms. The van der Waals surface area contributed by atoms with E-state index in [2.05, 4.69) is 16.9 Å². The number of hydrogen-bond donors (Lipinski definition) is 1. The van der Waals surface area contributed by atoms with E-state index in [1.54, 1.807) is 10.9 Å². The normalized spacial score (nSPS) is 11.0. The zero-order valence-electron chi connectivity index (χ0n) is 13.5. The SMILES string of the molecule is Cc1ccc(OCCCCn2cnc3[nH]c(C)cc3c2=O)cc1. The zero-order chi connectivity index (χ0) is 16.2. The van der Waals surface area contributed by atoms with E-state index in [9.17, 15) is 4.79 Å². The summed E-state index contributed by atoms with van der Waals surface area (Å²) in [4.78, 5) is 19.7. The van der Waals surface area contributed by atoms with Gasteiger partial charge in [0.05, 0.1) is 18.3 Å². The molecule has 1 N–H and O–H groups in total. The van der Waals surface area contributed by atoms with Crippen molar-refractivity contribution in [1.82, 2.24) is 14.5 Å². The van der Waals surface area contributed by atoms with Crippen LogP contribution in [0.15, 0.2) is 41.5 Å². The van der Waals surface area contributed by atoms with Crippen molar-refractivity contribution in [3.05, 3.63) is 58.3 Å². The molecule has 0 aliphatic heterocycles. The molecule has 1 aromatic carbocycles. The van der Waals surface area contributed by atoms with E-state index in [4.69, 9.17) is 4.74 Å². The first-order chi connectivity index (χ1) is 11.1. The molecule has 0 aliphatic carbocycles. The first-order valence-corrected chi connectivity index (χ1v) is 7.88. The van der Waals surface area contributed by atoms with Crippen molar-refractivity contribution >= 4 is 11.0 Å². The van der Waals surface area contributed by atoms with Gasteiger partial charge in [-0.25, -0.2) is 4.98 Å². The van der Waals surface area contributed by atoms with Crippen molar-refractivity contribution < 1.29 is 4.74 Å². The second-order valence-corrected chi connectivity index (χ2v) is 5.83. The van der Waals surface area contributed by atoms with Gasteiger partial charge in [-0.15, -0.1) is 0 Å². The third-order valence-corrected chi connectivity index (χ3v) is 3.83. The highest BCUT2D eigenvalue weighted by atomic mass is 16.5. The van der Waals surface area contributed by atoms with Gasteiger partial charge in [-0.2, -0.15) is 0 Å². The van der Waals surface area contributed by atoms with Gasteiger partial charge in [0.2, 0.25) is 0 Å². The molecule has 0 amide bonds. The summed E-state index contributed by atoms with van der Waals surface area (Å²) in [7, 11) is 0. The molecule has 0 saturated carbocycles. The monoisotopic (exact) mass is 311 g/mol. The molecule has 0 saturated heterocycles. The number of unbranched alkanes of at least 4 members (excludes halogenated alkanes) is 1. The Balaban J connectivity index is 1.52. The van der Waals surface area contributed by atoms with E-state index < -0.39 is 0 Å². The molecule has 5 nitrogen and oxygen atoms in total. The van der Waals surface area contributed by atoms with Gasteiger partial charge in [0.25, 0.3) is 5.56 Å². The van der Waals surface area contributed by atoms with Gasteiger partial charge in [-0.3, -0.25) is 9.36 Å². The van der Waals surface area contributed by atoms with E-state index in [0.29, 0.717) is 24.2 Å². The maximum atomic E-state index is 12.3. The summed E-state index contributed by atoms with van der Waals surface area (Å²) >= 11 is 0. The number of aryl methyl sites for hydroxylation is 3. The Kier molecular flexibility index (Phi) is 4.46. The minimum atomic E-state index is 0.0128. The van der Waals surface area contributed by atoms with Crippen LogP contribution in [-0.2, 0) is 6.54 Å². The summed E-state index contributed by atoms with van der Waals surface area (Å²) < 4.78 is 7.36. The number of rotatable bonds is 6. The highest BCUT2D eigenvalue weighted by Gasteiger charge is 2.06. The Morgan fingerprint density at radius 2 is 1.96 bits per heavy atom. The van der Waals surface area contributed by atoms with E-state index >= 15 is 0 Å². The fourth-order valence-corrected chi connectivity index (χ4v) is 2.54. The van der Waals surface area contributed by atoms with E-state index in [1.165, 1.54) is 5.56 Å². The van der Waals surface area contributed by atoms with Gasteiger partial charge in [0.1, 0.15) is 11.4 Å². The number of aromatic nitrogens is 3. The number of hydrogen-bond acceptors (Lipinski definition) is 3. The van der Waals surface area contributed by atoms with Crippen LogP contribution in [0.5, 0.6) is 5.75 Å². The molecule has 120 valence electrons. The predicted molar refractivity (Wildman–Crippen MR) is 91.0 cm³/mol. The smallest absolute Gasteiger partial charge is 0.262 e. The Bertz CT molecular complexity index is 847. The van der Waals surface area contributed by atoms with Crippen LogP contribution in [0, 0.1) is 13.8 Å². The fourth-order valence-electron chi connectivity index (χ4n) is 2.54. The number of H-pyrrole nitrogens is 1. The van der Waals surface area contributed by atoms with Crippen molar-refractivity contribution in [2.45, 2.75) is 33.2 Å². The molecule has 23 heavy (non-hydrogen) atoms. The number of fused-ring (bicyclic) bond motifs is 1. The Morgan fingerprint density at radius 3 is 2.74 bits per heavy atom. The molecule has 0 unspecified atom stereocenters. The van der Waals surface area contributed by atoms with Crippen LogP contribution in [0.4, 0.5) is 0 Å². The second kappa shape index (κ2) is 6.69. The molecule has 0 bridgehead atoms. The summed E-state index contributed by atoms with van der Waals surface area (Å²) in [6.45, 7) is 5.28. The van der Waals surface area contributed by atoms with Gasteiger partial charge in [-0.05, 0) is 44.9 Å². The van der Waals surface area contributed by atoms with Gasteiger partial charge in [0, 0.05) is 12.2 Å². The summed E-state index contributed by atoms with van der Waals surface area (Å²) in [5.74, 6) is 0.888. The fraction of sp³-hybridized carbons (Fsp3) is 0.333. The third kappa shape index (κ3) is 3.62. The topological polar surface area (TPSA) is 59.9 Å². The molecule has 2 aromatic heterocycles. The quantitative estimate of drug-likeness (QED) is 0.711. The van der Waals surface area contributed by atoms with Crippen molar-refractivity contribution in [2.24, 2.45) is 0 Å². The molecular weight excluding hydrogens is 290 g/mol. The van der Waals surface area contributed by atoms with Crippen LogP contribution >= 0.6 is 0 Å². The Labute approximate surface area is 134 Å². The number of nitrogens with one attached hydrogen (secondary N) is 1. The lowest BCUT2D eigenvalue weighted by Crippen LogP contribution is -2.20. The van der Waals surface area contributed by atoms with E-state index in [-0.39, 0.29) is 5.56 Å². The summed E-state index contributed by atoms with van der Waals surface area (Å²) in [6, 6.07) is 9.88. The van der Waals surface area contributed by atoms with Crippen molar-refractivity contribution in [3.8, 4) is 5.75 Å². The molecule has 5 heteroatoms. The van der Waals surface area contributed by atoms with Crippen molar-refractivity contribution in [2.75, 3.05) is 6.61 Å². The summed E-state index contributed by atoms with van der Waals surface area (Å²) in [5.41, 5.74) is 2.85. The maximum absolute atomic E-state index is 12.3. The van der Waals surface area contributed by atoms with Crippen molar-refractivity contribution in [3.63, 3.8) is 0 Å². The zero-order valence-corrected chi connectivity index (χ0v) is 13.5. The van der Waals surface area contributed by atoms with Crippen LogP contribution in [-0.4, -0.2) is 21.1 Å². The lowest BCUT2D eigenvalue weighted by molar-refractivity contribution is 0.302. The largest absolute Gasteiger partial charge is 0.494 e. The molecule has 0 fully saturated rings. The van der Waals surface area contributed by atoms with Crippen LogP contribution in [0.25, 0.3) is 11.0 Å². The van der Waals surface area contributed by atoms with Crippen molar-refractivity contribution in [1.29, 1.82) is 0 Å². The standard InChI is InChI=1S/C18H21N3O2/c1-13-5-7-15(8-6-13)23-10-4-3-9-21-12-19-17-16(18(21)22)11-14(2)20-17/h5-8,11-12,20H,3-4,9-10H2,1-2H3. The molecule has 0 atom stereocenters. The second-order valence-electron chi connectivity index (χ2n) is 5.83. The lowest BCUT2D eigenvalue weighted by Gasteiger charge is -2.07. The molecular formula is C18H21N3O2.